The number of carbonyl (C=O) groups excluding carboxylic acids is 1. The Bertz CT molecular complexity index is 617. The maximum atomic E-state index is 12.3. The Morgan fingerprint density at radius 3 is 2.35 bits per heavy atom. The van der Waals surface area contributed by atoms with Gasteiger partial charge in [0.25, 0.3) is 5.91 Å². The van der Waals surface area contributed by atoms with Crippen LogP contribution in [0.5, 0.6) is 0 Å². The van der Waals surface area contributed by atoms with Gasteiger partial charge in [-0.05, 0) is 48.2 Å². The molecule has 20 heavy (non-hydrogen) atoms. The van der Waals surface area contributed by atoms with Gasteiger partial charge in [0.2, 0.25) is 0 Å². The largest absolute Gasteiger partial charge is 0.321 e. The van der Waals surface area contributed by atoms with Gasteiger partial charge in [-0.2, -0.15) is 0 Å². The summed E-state index contributed by atoms with van der Waals surface area (Å²) >= 11 is 4.23. The molecule has 0 aliphatic carbocycles. The molecule has 0 bridgehead atoms. The molecule has 0 aliphatic rings. The molecule has 0 heterocycles. The van der Waals surface area contributed by atoms with E-state index in [0.717, 1.165) is 21.7 Å². The van der Waals surface area contributed by atoms with E-state index in [1.54, 1.807) is 12.1 Å². The molecule has 0 fully saturated rings. The van der Waals surface area contributed by atoms with Crippen LogP contribution in [0.4, 0.5) is 5.69 Å². The Morgan fingerprint density at radius 2 is 1.75 bits per heavy atom. The lowest BCUT2D eigenvalue weighted by atomic mass is 9.98. The van der Waals surface area contributed by atoms with Crippen LogP contribution in [0.1, 0.15) is 41.3 Å². The van der Waals surface area contributed by atoms with Gasteiger partial charge in [-0.3, -0.25) is 4.79 Å². The number of thiol groups is 1. The lowest BCUT2D eigenvalue weighted by Gasteiger charge is -2.16. The quantitative estimate of drug-likeness (QED) is 0.789. The Labute approximate surface area is 125 Å². The summed E-state index contributed by atoms with van der Waals surface area (Å²) in [6.45, 7) is 6.26. The molecular formula is C17H19NOS. The zero-order valence-electron chi connectivity index (χ0n) is 12.0. The second-order valence-electron chi connectivity index (χ2n) is 5.19. The Kier molecular flexibility index (Phi) is 4.50. The summed E-state index contributed by atoms with van der Waals surface area (Å²) in [5.41, 5.74) is 3.79. The first-order chi connectivity index (χ1) is 9.49. The number of hydrogen-bond acceptors (Lipinski definition) is 2. The number of para-hydroxylation sites is 1. The molecule has 2 rings (SSSR count). The summed E-state index contributed by atoms with van der Waals surface area (Å²) in [6.07, 6.45) is 0. The van der Waals surface area contributed by atoms with Gasteiger partial charge < -0.3 is 5.32 Å². The molecule has 0 unspecified atom stereocenters. The highest BCUT2D eigenvalue weighted by atomic mass is 32.1. The zero-order valence-corrected chi connectivity index (χ0v) is 12.9. The second kappa shape index (κ2) is 6.14. The molecule has 0 atom stereocenters. The van der Waals surface area contributed by atoms with Crippen molar-refractivity contribution >= 4 is 24.2 Å². The molecule has 3 heteroatoms. The Morgan fingerprint density at radius 1 is 1.10 bits per heavy atom. The van der Waals surface area contributed by atoms with Crippen molar-refractivity contribution in [2.75, 3.05) is 5.32 Å². The lowest BCUT2D eigenvalue weighted by Crippen LogP contribution is -2.14. The van der Waals surface area contributed by atoms with Gasteiger partial charge in [0, 0.05) is 16.1 Å². The molecule has 104 valence electrons. The molecule has 0 aliphatic heterocycles. The van der Waals surface area contributed by atoms with Crippen molar-refractivity contribution in [2.45, 2.75) is 31.6 Å². The van der Waals surface area contributed by atoms with Crippen LogP contribution < -0.4 is 5.32 Å². The van der Waals surface area contributed by atoms with Crippen LogP contribution in [-0.2, 0) is 0 Å². The molecule has 2 aromatic rings. The van der Waals surface area contributed by atoms with Crippen molar-refractivity contribution in [3.63, 3.8) is 0 Å². The lowest BCUT2D eigenvalue weighted by molar-refractivity contribution is 0.102. The molecule has 2 nitrogen and oxygen atoms in total. The van der Waals surface area contributed by atoms with Gasteiger partial charge in [0.1, 0.15) is 0 Å². The molecule has 0 radical (unpaired) electrons. The average Bonchev–Trinajstić information content (AvgIpc) is 2.41. The van der Waals surface area contributed by atoms with Crippen LogP contribution in [0.25, 0.3) is 0 Å². The Balaban J connectivity index is 2.30. The van der Waals surface area contributed by atoms with Gasteiger partial charge in [-0.15, -0.1) is 12.6 Å². The summed E-state index contributed by atoms with van der Waals surface area (Å²) < 4.78 is 0. The molecule has 2 aromatic carbocycles. The van der Waals surface area contributed by atoms with E-state index in [1.807, 2.05) is 31.2 Å². The highest BCUT2D eigenvalue weighted by molar-refractivity contribution is 7.80. The number of rotatable bonds is 3. The van der Waals surface area contributed by atoms with Crippen LogP contribution in [0.15, 0.2) is 47.4 Å². The fraction of sp³-hybridized carbons (Fsp3) is 0.235. The van der Waals surface area contributed by atoms with Crippen molar-refractivity contribution in [1.82, 2.24) is 0 Å². The second-order valence-corrected chi connectivity index (χ2v) is 5.71. The van der Waals surface area contributed by atoms with E-state index >= 15 is 0 Å². The first-order valence-corrected chi connectivity index (χ1v) is 7.13. The van der Waals surface area contributed by atoms with E-state index in [-0.39, 0.29) is 5.91 Å². The number of anilines is 1. The predicted octanol–water partition coefficient (Wildman–Crippen LogP) is 4.66. The van der Waals surface area contributed by atoms with Crippen LogP contribution >= 0.6 is 12.6 Å². The molecule has 1 amide bonds. The standard InChI is InChI=1S/C17H19NOS/c1-11(2)15-6-4-5-12(3)16(15)18-17(19)13-7-9-14(20)10-8-13/h4-11,20H,1-3H3,(H,18,19). The summed E-state index contributed by atoms with van der Waals surface area (Å²) in [5, 5.41) is 3.03. The highest BCUT2D eigenvalue weighted by Crippen LogP contribution is 2.27. The van der Waals surface area contributed by atoms with E-state index in [4.69, 9.17) is 0 Å². The maximum absolute atomic E-state index is 12.3. The molecule has 0 aromatic heterocycles. The van der Waals surface area contributed by atoms with E-state index in [9.17, 15) is 4.79 Å². The number of amides is 1. The minimum Gasteiger partial charge on any atom is -0.321 e. The SMILES string of the molecule is Cc1cccc(C(C)C)c1NC(=O)c1ccc(S)cc1. The minimum atomic E-state index is -0.0884. The van der Waals surface area contributed by atoms with Crippen LogP contribution in [0.3, 0.4) is 0 Å². The molecule has 0 saturated heterocycles. The van der Waals surface area contributed by atoms with E-state index < -0.39 is 0 Å². The fourth-order valence-electron chi connectivity index (χ4n) is 2.14. The van der Waals surface area contributed by atoms with Crippen molar-refractivity contribution in [3.05, 3.63) is 59.2 Å². The first-order valence-electron chi connectivity index (χ1n) is 6.69. The summed E-state index contributed by atoms with van der Waals surface area (Å²) in [5.74, 6) is 0.277. The van der Waals surface area contributed by atoms with E-state index in [1.165, 1.54) is 0 Å². The smallest absolute Gasteiger partial charge is 0.255 e. The number of hydrogen-bond donors (Lipinski definition) is 2. The van der Waals surface area contributed by atoms with Gasteiger partial charge in [0.05, 0.1) is 0 Å². The minimum absolute atomic E-state index is 0.0884. The number of carbonyl (C=O) groups is 1. The van der Waals surface area contributed by atoms with Crippen molar-refractivity contribution in [3.8, 4) is 0 Å². The zero-order chi connectivity index (χ0) is 14.7. The Hall–Kier alpha value is -1.74. The summed E-state index contributed by atoms with van der Waals surface area (Å²) in [7, 11) is 0. The topological polar surface area (TPSA) is 29.1 Å². The molecule has 0 spiro atoms. The van der Waals surface area contributed by atoms with Gasteiger partial charge in [-0.1, -0.05) is 32.0 Å². The van der Waals surface area contributed by atoms with Crippen LogP contribution in [-0.4, -0.2) is 5.91 Å². The first kappa shape index (κ1) is 14.7. The summed E-state index contributed by atoms with van der Waals surface area (Å²) in [4.78, 5) is 13.2. The van der Waals surface area contributed by atoms with Crippen molar-refractivity contribution in [1.29, 1.82) is 0 Å². The van der Waals surface area contributed by atoms with Crippen LogP contribution in [0.2, 0.25) is 0 Å². The molecule has 1 N–H and O–H groups in total. The molecular weight excluding hydrogens is 266 g/mol. The van der Waals surface area contributed by atoms with Gasteiger partial charge in [0.15, 0.2) is 0 Å². The van der Waals surface area contributed by atoms with Gasteiger partial charge >= 0.3 is 0 Å². The summed E-state index contributed by atoms with van der Waals surface area (Å²) in [6, 6.07) is 13.3. The third-order valence-corrected chi connectivity index (χ3v) is 3.59. The monoisotopic (exact) mass is 285 g/mol. The van der Waals surface area contributed by atoms with Crippen LogP contribution in [0, 0.1) is 6.92 Å². The van der Waals surface area contributed by atoms with Crippen molar-refractivity contribution in [2.24, 2.45) is 0 Å². The number of aryl methyl sites for hydroxylation is 1. The number of benzene rings is 2. The fourth-order valence-corrected chi connectivity index (χ4v) is 2.29. The van der Waals surface area contributed by atoms with Gasteiger partial charge in [-0.25, -0.2) is 0 Å². The third-order valence-electron chi connectivity index (χ3n) is 3.30. The van der Waals surface area contributed by atoms with Crippen molar-refractivity contribution < 1.29 is 4.79 Å². The number of nitrogens with one attached hydrogen (secondary N) is 1. The third kappa shape index (κ3) is 3.23. The highest BCUT2D eigenvalue weighted by Gasteiger charge is 2.13. The normalized spacial score (nSPS) is 10.7. The van der Waals surface area contributed by atoms with E-state index in [0.29, 0.717) is 11.5 Å². The average molecular weight is 285 g/mol. The maximum Gasteiger partial charge on any atom is 0.255 e. The van der Waals surface area contributed by atoms with E-state index in [2.05, 4.69) is 37.9 Å². The molecule has 0 saturated carbocycles. The predicted molar refractivity (Wildman–Crippen MR) is 86.9 cm³/mol.